The summed E-state index contributed by atoms with van der Waals surface area (Å²) < 4.78 is 44.8. The van der Waals surface area contributed by atoms with Crippen molar-refractivity contribution in [3.05, 3.63) is 53.1 Å². The van der Waals surface area contributed by atoms with E-state index >= 15 is 0 Å². The number of carboxylic acid groups (broad SMARTS) is 1. The number of carbonyl (C=O) groups is 1. The van der Waals surface area contributed by atoms with Crippen molar-refractivity contribution < 1.29 is 27.8 Å². The van der Waals surface area contributed by atoms with Crippen molar-refractivity contribution >= 4 is 12.0 Å². The fraction of sp³-hybridized carbons (Fsp3) is 0.267. The highest BCUT2D eigenvalue weighted by atomic mass is 19.4. The van der Waals surface area contributed by atoms with Crippen LogP contribution in [0.25, 0.3) is 6.08 Å². The zero-order valence-electron chi connectivity index (χ0n) is 10.7. The van der Waals surface area contributed by atoms with Crippen LogP contribution in [0, 0.1) is 0 Å². The summed E-state index contributed by atoms with van der Waals surface area (Å²) in [6.07, 6.45) is -2.00. The van der Waals surface area contributed by atoms with Crippen LogP contribution in [0.2, 0.25) is 0 Å². The van der Waals surface area contributed by atoms with Crippen LogP contribution in [0.4, 0.5) is 13.2 Å². The molecule has 0 radical (unpaired) electrons. The number of hydrogen-bond acceptors (Lipinski definition) is 2. The maximum Gasteiger partial charge on any atom is 0.428 e. The van der Waals surface area contributed by atoms with Crippen molar-refractivity contribution in [2.24, 2.45) is 0 Å². The van der Waals surface area contributed by atoms with Gasteiger partial charge >= 0.3 is 12.1 Å². The Hall–Kier alpha value is -2.08. The van der Waals surface area contributed by atoms with Gasteiger partial charge in [0.2, 0.25) is 0 Å². The van der Waals surface area contributed by atoms with Crippen molar-refractivity contribution in [3.63, 3.8) is 0 Å². The van der Waals surface area contributed by atoms with E-state index < -0.39 is 30.3 Å². The molecule has 2 unspecified atom stereocenters. The van der Waals surface area contributed by atoms with Crippen molar-refractivity contribution in [2.45, 2.75) is 24.3 Å². The number of benzene rings is 1. The lowest BCUT2D eigenvalue weighted by Crippen LogP contribution is -2.56. The maximum atomic E-state index is 13.2. The first-order valence-electron chi connectivity index (χ1n) is 6.30. The van der Waals surface area contributed by atoms with Gasteiger partial charge in [-0.2, -0.15) is 13.2 Å². The molecule has 2 aliphatic rings. The molecular weight excluding hydrogens is 285 g/mol. The Labute approximate surface area is 118 Å². The molecule has 0 saturated carbocycles. The minimum absolute atomic E-state index is 0.542. The first kappa shape index (κ1) is 13.9. The SMILES string of the molecule is O=C(O)C1(C(F)(F)F)CC=C2C=Cc3ccccc3C2O1. The van der Waals surface area contributed by atoms with Crippen LogP contribution in [-0.2, 0) is 9.53 Å². The molecule has 110 valence electrons. The Morgan fingerprint density at radius 3 is 2.67 bits per heavy atom. The van der Waals surface area contributed by atoms with E-state index in [2.05, 4.69) is 0 Å². The lowest BCUT2D eigenvalue weighted by atomic mass is 9.84. The topological polar surface area (TPSA) is 46.5 Å². The highest BCUT2D eigenvalue weighted by Gasteiger charge is 2.64. The molecule has 1 aliphatic heterocycles. The molecule has 1 aliphatic carbocycles. The standard InChI is InChI=1S/C15H11F3O3/c16-15(17,18)14(13(19)20)8-7-10-6-5-9-3-1-2-4-11(9)12(10)21-14/h1-7,12H,8H2,(H,19,20). The van der Waals surface area contributed by atoms with Crippen LogP contribution >= 0.6 is 0 Å². The van der Waals surface area contributed by atoms with Crippen LogP contribution in [0.3, 0.4) is 0 Å². The molecule has 0 amide bonds. The second kappa shape index (κ2) is 4.46. The molecule has 6 heteroatoms. The second-order valence-corrected chi connectivity index (χ2v) is 5.00. The predicted octanol–water partition coefficient (Wildman–Crippen LogP) is 3.49. The van der Waals surface area contributed by atoms with Gasteiger partial charge in [0.15, 0.2) is 0 Å². The van der Waals surface area contributed by atoms with Gasteiger partial charge in [0.25, 0.3) is 5.60 Å². The van der Waals surface area contributed by atoms with Crippen LogP contribution in [0.15, 0.2) is 42.0 Å². The number of halogens is 3. The monoisotopic (exact) mass is 296 g/mol. The number of hydrogen-bond donors (Lipinski definition) is 1. The molecule has 1 heterocycles. The van der Waals surface area contributed by atoms with Crippen molar-refractivity contribution in [1.29, 1.82) is 0 Å². The van der Waals surface area contributed by atoms with Gasteiger partial charge in [0.1, 0.15) is 6.10 Å². The smallest absolute Gasteiger partial charge is 0.428 e. The lowest BCUT2D eigenvalue weighted by Gasteiger charge is -2.39. The van der Waals surface area contributed by atoms with Gasteiger partial charge in [-0.25, -0.2) is 4.79 Å². The zero-order chi connectivity index (χ0) is 15.3. The normalized spacial score (nSPS) is 27.6. The first-order chi connectivity index (χ1) is 9.85. The highest BCUT2D eigenvalue weighted by molar-refractivity contribution is 5.80. The molecule has 0 spiro atoms. The van der Waals surface area contributed by atoms with E-state index in [4.69, 9.17) is 9.84 Å². The fourth-order valence-corrected chi connectivity index (χ4v) is 2.61. The number of rotatable bonds is 1. The van der Waals surface area contributed by atoms with E-state index in [0.29, 0.717) is 11.1 Å². The Morgan fingerprint density at radius 1 is 1.29 bits per heavy atom. The summed E-state index contributed by atoms with van der Waals surface area (Å²) in [5.41, 5.74) is -1.38. The minimum atomic E-state index is -4.99. The van der Waals surface area contributed by atoms with Crippen LogP contribution in [-0.4, -0.2) is 22.9 Å². The molecule has 0 saturated heterocycles. The number of fused-ring (bicyclic) bond motifs is 3. The van der Waals surface area contributed by atoms with Gasteiger partial charge in [-0.1, -0.05) is 42.5 Å². The molecule has 1 N–H and O–H groups in total. The van der Waals surface area contributed by atoms with Crippen molar-refractivity contribution in [2.75, 3.05) is 0 Å². The summed E-state index contributed by atoms with van der Waals surface area (Å²) in [4.78, 5) is 11.2. The fourth-order valence-electron chi connectivity index (χ4n) is 2.61. The molecule has 0 fully saturated rings. The Balaban J connectivity index is 2.11. The van der Waals surface area contributed by atoms with Crippen LogP contribution < -0.4 is 0 Å². The van der Waals surface area contributed by atoms with Gasteiger partial charge in [0.05, 0.1) is 0 Å². The van der Waals surface area contributed by atoms with E-state index in [1.807, 2.05) is 0 Å². The van der Waals surface area contributed by atoms with E-state index in [0.717, 1.165) is 5.56 Å². The van der Waals surface area contributed by atoms with Crippen molar-refractivity contribution in [3.8, 4) is 0 Å². The highest BCUT2D eigenvalue weighted by Crippen LogP contribution is 2.48. The Morgan fingerprint density at radius 2 is 2.00 bits per heavy atom. The summed E-state index contributed by atoms with van der Waals surface area (Å²) in [7, 11) is 0. The third-order valence-electron chi connectivity index (χ3n) is 3.78. The minimum Gasteiger partial charge on any atom is -0.479 e. The van der Waals surface area contributed by atoms with E-state index in [1.165, 1.54) is 6.08 Å². The van der Waals surface area contributed by atoms with Gasteiger partial charge in [-0.05, 0) is 16.7 Å². The summed E-state index contributed by atoms with van der Waals surface area (Å²) in [6, 6.07) is 6.83. The maximum absolute atomic E-state index is 13.2. The van der Waals surface area contributed by atoms with Gasteiger partial charge < -0.3 is 9.84 Å². The Bertz CT molecular complexity index is 660. The largest absolute Gasteiger partial charge is 0.479 e. The quantitative estimate of drug-likeness (QED) is 0.863. The third-order valence-corrected chi connectivity index (χ3v) is 3.78. The lowest BCUT2D eigenvalue weighted by molar-refractivity contribution is -0.286. The molecule has 21 heavy (non-hydrogen) atoms. The third kappa shape index (κ3) is 1.98. The zero-order valence-corrected chi connectivity index (χ0v) is 10.7. The van der Waals surface area contributed by atoms with Gasteiger partial charge in [-0.15, -0.1) is 0 Å². The van der Waals surface area contributed by atoms with E-state index in [-0.39, 0.29) is 0 Å². The van der Waals surface area contributed by atoms with E-state index in [9.17, 15) is 18.0 Å². The molecule has 3 rings (SSSR count). The van der Waals surface area contributed by atoms with E-state index in [1.54, 1.807) is 36.4 Å². The average molecular weight is 296 g/mol. The summed E-state index contributed by atoms with van der Waals surface area (Å²) in [5.74, 6) is -2.02. The Kier molecular flexibility index (Phi) is 2.95. The summed E-state index contributed by atoms with van der Waals surface area (Å²) in [5, 5.41) is 9.07. The first-order valence-corrected chi connectivity index (χ1v) is 6.30. The molecule has 0 bridgehead atoms. The van der Waals surface area contributed by atoms with Gasteiger partial charge in [-0.3, -0.25) is 0 Å². The molecule has 1 aromatic rings. The molecule has 3 nitrogen and oxygen atoms in total. The number of ether oxygens (including phenoxy) is 1. The molecule has 2 atom stereocenters. The molecule has 0 aromatic heterocycles. The predicted molar refractivity (Wildman–Crippen MR) is 68.4 cm³/mol. The number of alkyl halides is 3. The number of carboxylic acids is 1. The van der Waals surface area contributed by atoms with Crippen LogP contribution in [0.1, 0.15) is 23.7 Å². The van der Waals surface area contributed by atoms with Gasteiger partial charge in [0, 0.05) is 6.42 Å². The number of aliphatic carboxylic acids is 1. The summed E-state index contributed by atoms with van der Waals surface area (Å²) in [6.45, 7) is 0. The molecule has 1 aromatic carbocycles. The van der Waals surface area contributed by atoms with Crippen LogP contribution in [0.5, 0.6) is 0 Å². The second-order valence-electron chi connectivity index (χ2n) is 5.00. The molecular formula is C15H11F3O3. The average Bonchev–Trinajstić information content (AvgIpc) is 2.45. The van der Waals surface area contributed by atoms with Crippen molar-refractivity contribution in [1.82, 2.24) is 0 Å². The summed E-state index contributed by atoms with van der Waals surface area (Å²) >= 11 is 0.